The summed E-state index contributed by atoms with van der Waals surface area (Å²) in [4.78, 5) is 3.84. The Bertz CT molecular complexity index is 505. The van der Waals surface area contributed by atoms with Crippen LogP contribution >= 0.6 is 11.3 Å². The molecule has 2 nitrogen and oxygen atoms in total. The molecular formula is C16H22N2S. The number of aryl methyl sites for hydroxylation is 1. The van der Waals surface area contributed by atoms with Crippen LogP contribution in [0.15, 0.2) is 35.7 Å². The maximum atomic E-state index is 5.66. The average molecular weight is 274 g/mol. The van der Waals surface area contributed by atoms with Gasteiger partial charge in [-0.2, -0.15) is 0 Å². The van der Waals surface area contributed by atoms with Crippen molar-refractivity contribution in [1.29, 1.82) is 0 Å². The molecule has 0 spiro atoms. The highest BCUT2D eigenvalue weighted by Crippen LogP contribution is 2.14. The second-order valence-electron chi connectivity index (χ2n) is 5.03. The lowest BCUT2D eigenvalue weighted by Gasteiger charge is -2.18. The van der Waals surface area contributed by atoms with Gasteiger partial charge in [0.05, 0.1) is 0 Å². The molecule has 3 heteroatoms. The van der Waals surface area contributed by atoms with Gasteiger partial charge in [0, 0.05) is 24.5 Å². The van der Waals surface area contributed by atoms with E-state index in [1.807, 2.05) is 11.3 Å². The summed E-state index contributed by atoms with van der Waals surface area (Å²) < 4.78 is 0. The molecule has 2 rings (SSSR count). The number of benzene rings is 1. The summed E-state index contributed by atoms with van der Waals surface area (Å²) in [5.74, 6) is 0. The number of nitrogens with two attached hydrogens (primary N) is 1. The van der Waals surface area contributed by atoms with E-state index in [4.69, 9.17) is 5.73 Å². The van der Waals surface area contributed by atoms with Gasteiger partial charge in [0.15, 0.2) is 0 Å². The lowest BCUT2D eigenvalue weighted by Crippen LogP contribution is -2.21. The zero-order chi connectivity index (χ0) is 13.7. The number of likely N-dealkylation sites (N-methyl/N-ethyl adjacent to an activating group) is 1. The third kappa shape index (κ3) is 4.16. The van der Waals surface area contributed by atoms with E-state index in [0.717, 1.165) is 19.5 Å². The first-order valence-corrected chi connectivity index (χ1v) is 7.56. The van der Waals surface area contributed by atoms with Gasteiger partial charge < -0.3 is 10.6 Å². The molecule has 0 aliphatic carbocycles. The first-order valence-electron chi connectivity index (χ1n) is 6.68. The van der Waals surface area contributed by atoms with Gasteiger partial charge in [-0.15, -0.1) is 11.3 Å². The Kier molecular flexibility index (Phi) is 5.14. The third-order valence-corrected chi connectivity index (χ3v) is 4.34. The molecule has 2 N–H and O–H groups in total. The maximum Gasteiger partial charge on any atom is 0.0233 e. The SMILES string of the molecule is Cc1cc(CN)ccc1CN(C)CCc1cccs1. The van der Waals surface area contributed by atoms with E-state index < -0.39 is 0 Å². The summed E-state index contributed by atoms with van der Waals surface area (Å²) >= 11 is 1.84. The predicted molar refractivity (Wildman–Crippen MR) is 83.4 cm³/mol. The molecule has 1 heterocycles. The van der Waals surface area contributed by atoms with Crippen molar-refractivity contribution >= 4 is 11.3 Å². The lowest BCUT2D eigenvalue weighted by molar-refractivity contribution is 0.331. The van der Waals surface area contributed by atoms with Gasteiger partial charge in [-0.1, -0.05) is 24.3 Å². The topological polar surface area (TPSA) is 29.3 Å². The molecular weight excluding hydrogens is 252 g/mol. The van der Waals surface area contributed by atoms with E-state index in [2.05, 4.69) is 54.6 Å². The quantitative estimate of drug-likeness (QED) is 0.876. The molecule has 2 aromatic rings. The molecule has 0 unspecified atom stereocenters. The van der Waals surface area contributed by atoms with E-state index >= 15 is 0 Å². The zero-order valence-corrected chi connectivity index (χ0v) is 12.5. The number of nitrogens with zero attached hydrogens (tertiary/aromatic N) is 1. The van der Waals surface area contributed by atoms with E-state index in [1.165, 1.54) is 21.6 Å². The fourth-order valence-electron chi connectivity index (χ4n) is 2.19. The Morgan fingerprint density at radius 3 is 2.74 bits per heavy atom. The number of hydrogen-bond acceptors (Lipinski definition) is 3. The van der Waals surface area contributed by atoms with Crippen LogP contribution in [0.5, 0.6) is 0 Å². The first kappa shape index (κ1) is 14.3. The van der Waals surface area contributed by atoms with Crippen LogP contribution < -0.4 is 5.73 Å². The van der Waals surface area contributed by atoms with Crippen molar-refractivity contribution in [3.05, 3.63) is 57.3 Å². The third-order valence-electron chi connectivity index (χ3n) is 3.40. The first-order chi connectivity index (χ1) is 9.19. The highest BCUT2D eigenvalue weighted by atomic mass is 32.1. The summed E-state index contributed by atoms with van der Waals surface area (Å²) in [5, 5.41) is 2.14. The van der Waals surface area contributed by atoms with Gasteiger partial charge >= 0.3 is 0 Å². The second-order valence-corrected chi connectivity index (χ2v) is 6.06. The fraction of sp³-hybridized carbons (Fsp3) is 0.375. The van der Waals surface area contributed by atoms with E-state index in [9.17, 15) is 0 Å². The van der Waals surface area contributed by atoms with Crippen LogP contribution in [-0.2, 0) is 19.5 Å². The van der Waals surface area contributed by atoms with E-state index in [-0.39, 0.29) is 0 Å². The molecule has 0 saturated carbocycles. The van der Waals surface area contributed by atoms with Crippen molar-refractivity contribution in [2.75, 3.05) is 13.6 Å². The minimum Gasteiger partial charge on any atom is -0.326 e. The number of rotatable bonds is 6. The molecule has 1 aromatic carbocycles. The Hall–Kier alpha value is -1.16. The molecule has 0 aliphatic rings. The maximum absolute atomic E-state index is 5.66. The van der Waals surface area contributed by atoms with Crippen molar-refractivity contribution in [3.63, 3.8) is 0 Å². The smallest absolute Gasteiger partial charge is 0.0233 e. The van der Waals surface area contributed by atoms with Crippen LogP contribution in [0.3, 0.4) is 0 Å². The van der Waals surface area contributed by atoms with Crippen LogP contribution in [0.25, 0.3) is 0 Å². The summed E-state index contributed by atoms with van der Waals surface area (Å²) in [5.41, 5.74) is 9.61. The lowest BCUT2D eigenvalue weighted by atomic mass is 10.0. The highest BCUT2D eigenvalue weighted by Gasteiger charge is 2.05. The van der Waals surface area contributed by atoms with E-state index in [0.29, 0.717) is 6.54 Å². The normalized spacial score (nSPS) is 11.2. The molecule has 0 atom stereocenters. The Labute approximate surface area is 119 Å². The Morgan fingerprint density at radius 2 is 2.11 bits per heavy atom. The standard InChI is InChI=1S/C16H22N2S/c1-13-10-14(11-17)5-6-15(13)12-18(2)8-7-16-4-3-9-19-16/h3-6,9-10H,7-8,11-12,17H2,1-2H3. The predicted octanol–water partition coefficient (Wildman–Crippen LogP) is 3.19. The van der Waals surface area contributed by atoms with Crippen LogP contribution in [-0.4, -0.2) is 18.5 Å². The fourth-order valence-corrected chi connectivity index (χ4v) is 2.89. The van der Waals surface area contributed by atoms with Crippen LogP contribution in [0.2, 0.25) is 0 Å². The average Bonchev–Trinajstić information content (AvgIpc) is 2.92. The molecule has 19 heavy (non-hydrogen) atoms. The van der Waals surface area contributed by atoms with Crippen LogP contribution in [0.4, 0.5) is 0 Å². The largest absolute Gasteiger partial charge is 0.326 e. The summed E-state index contributed by atoms with van der Waals surface area (Å²) in [6.45, 7) is 4.89. The van der Waals surface area contributed by atoms with Gasteiger partial charge in [-0.25, -0.2) is 0 Å². The van der Waals surface area contributed by atoms with Crippen LogP contribution in [0.1, 0.15) is 21.6 Å². The summed E-state index contributed by atoms with van der Waals surface area (Å²) in [6, 6.07) is 10.9. The summed E-state index contributed by atoms with van der Waals surface area (Å²) in [6.07, 6.45) is 1.13. The minimum absolute atomic E-state index is 0.620. The van der Waals surface area contributed by atoms with Gasteiger partial charge in [0.1, 0.15) is 0 Å². The second kappa shape index (κ2) is 6.85. The number of hydrogen-bond donors (Lipinski definition) is 1. The molecule has 0 aliphatic heterocycles. The van der Waals surface area contributed by atoms with E-state index in [1.54, 1.807) is 0 Å². The monoisotopic (exact) mass is 274 g/mol. The molecule has 0 bridgehead atoms. The molecule has 0 fully saturated rings. The Morgan fingerprint density at radius 1 is 1.26 bits per heavy atom. The van der Waals surface area contributed by atoms with Crippen LogP contribution in [0, 0.1) is 6.92 Å². The molecule has 1 aromatic heterocycles. The summed E-state index contributed by atoms with van der Waals surface area (Å²) in [7, 11) is 2.18. The minimum atomic E-state index is 0.620. The molecule has 0 saturated heterocycles. The molecule has 0 radical (unpaired) electrons. The van der Waals surface area contributed by atoms with Crippen molar-refractivity contribution in [3.8, 4) is 0 Å². The van der Waals surface area contributed by atoms with Gasteiger partial charge in [0.25, 0.3) is 0 Å². The zero-order valence-electron chi connectivity index (χ0n) is 11.7. The van der Waals surface area contributed by atoms with Gasteiger partial charge in [0.2, 0.25) is 0 Å². The van der Waals surface area contributed by atoms with Crippen molar-refractivity contribution in [2.45, 2.75) is 26.4 Å². The Balaban J connectivity index is 1.89. The van der Waals surface area contributed by atoms with Gasteiger partial charge in [-0.3, -0.25) is 0 Å². The molecule has 102 valence electrons. The van der Waals surface area contributed by atoms with Crippen molar-refractivity contribution in [2.24, 2.45) is 5.73 Å². The van der Waals surface area contributed by atoms with Gasteiger partial charge in [-0.05, 0) is 48.5 Å². The molecule has 0 amide bonds. The van der Waals surface area contributed by atoms with Crippen molar-refractivity contribution < 1.29 is 0 Å². The highest BCUT2D eigenvalue weighted by molar-refractivity contribution is 7.09. The number of thiophene rings is 1. The van der Waals surface area contributed by atoms with Crippen molar-refractivity contribution in [1.82, 2.24) is 4.90 Å².